The zero-order valence-corrected chi connectivity index (χ0v) is 12.7. The Morgan fingerprint density at radius 1 is 1.53 bits per heavy atom. The number of nitrogens with zero attached hydrogens (tertiary/aromatic N) is 1. The molecule has 104 valence electrons. The summed E-state index contributed by atoms with van der Waals surface area (Å²) in [4.78, 5) is 14.1. The topological polar surface area (TPSA) is 40.5 Å². The Balaban J connectivity index is 2.05. The molecule has 3 nitrogen and oxygen atoms in total. The van der Waals surface area contributed by atoms with Gasteiger partial charge in [-0.1, -0.05) is 31.5 Å². The molecule has 5 heteroatoms. The number of hydrogen-bond acceptors (Lipinski definition) is 3. The second kappa shape index (κ2) is 6.16. The summed E-state index contributed by atoms with van der Waals surface area (Å²) < 4.78 is 0. The molecule has 0 aromatic heterocycles. The lowest BCUT2D eigenvalue weighted by atomic mass is 9.99. The van der Waals surface area contributed by atoms with E-state index in [2.05, 4.69) is 24.8 Å². The van der Waals surface area contributed by atoms with Crippen molar-refractivity contribution >= 4 is 29.3 Å². The number of aliphatic carboxylic acids is 1. The highest BCUT2D eigenvalue weighted by Crippen LogP contribution is 2.33. The SMILES string of the molecule is CC(C)Sc1cccc(Cl)c1CN1CC(C(=O)O)C1. The van der Waals surface area contributed by atoms with Crippen molar-refractivity contribution in [3.63, 3.8) is 0 Å². The van der Waals surface area contributed by atoms with Crippen molar-refractivity contribution in [2.45, 2.75) is 30.5 Å². The highest BCUT2D eigenvalue weighted by molar-refractivity contribution is 8.00. The van der Waals surface area contributed by atoms with Gasteiger partial charge in [0.15, 0.2) is 0 Å². The lowest BCUT2D eigenvalue weighted by Crippen LogP contribution is -2.49. The summed E-state index contributed by atoms with van der Waals surface area (Å²) in [7, 11) is 0. The van der Waals surface area contributed by atoms with E-state index in [4.69, 9.17) is 16.7 Å². The van der Waals surface area contributed by atoms with E-state index in [9.17, 15) is 4.79 Å². The van der Waals surface area contributed by atoms with Crippen LogP contribution in [0.25, 0.3) is 0 Å². The minimum absolute atomic E-state index is 0.219. The fourth-order valence-electron chi connectivity index (χ4n) is 2.14. The van der Waals surface area contributed by atoms with Crippen LogP contribution in [0.5, 0.6) is 0 Å². The Morgan fingerprint density at radius 3 is 2.79 bits per heavy atom. The molecule has 0 amide bonds. The van der Waals surface area contributed by atoms with Crippen molar-refractivity contribution in [3.05, 3.63) is 28.8 Å². The van der Waals surface area contributed by atoms with Crippen LogP contribution in [0.1, 0.15) is 19.4 Å². The highest BCUT2D eigenvalue weighted by Gasteiger charge is 2.32. The molecule has 1 aliphatic rings. The van der Waals surface area contributed by atoms with Crippen molar-refractivity contribution in [1.29, 1.82) is 0 Å². The Labute approximate surface area is 122 Å². The molecule has 0 atom stereocenters. The third-order valence-electron chi connectivity index (χ3n) is 3.13. The van der Waals surface area contributed by atoms with E-state index in [-0.39, 0.29) is 5.92 Å². The van der Waals surface area contributed by atoms with Gasteiger partial charge < -0.3 is 5.11 Å². The third kappa shape index (κ3) is 3.65. The lowest BCUT2D eigenvalue weighted by Gasteiger charge is -2.37. The maximum Gasteiger partial charge on any atom is 0.309 e. The average molecular weight is 300 g/mol. The Hall–Kier alpha value is -0.710. The number of benzene rings is 1. The molecule has 0 bridgehead atoms. The quantitative estimate of drug-likeness (QED) is 0.847. The van der Waals surface area contributed by atoms with Crippen molar-refractivity contribution in [1.82, 2.24) is 4.90 Å². The minimum Gasteiger partial charge on any atom is -0.481 e. The number of carboxylic acid groups (broad SMARTS) is 1. The van der Waals surface area contributed by atoms with Gasteiger partial charge in [-0.3, -0.25) is 9.69 Å². The summed E-state index contributed by atoms with van der Waals surface area (Å²) in [5, 5.41) is 10.2. The molecule has 1 aromatic rings. The van der Waals surface area contributed by atoms with Crippen LogP contribution < -0.4 is 0 Å². The first-order chi connectivity index (χ1) is 8.97. The molecule has 0 radical (unpaired) electrons. The highest BCUT2D eigenvalue weighted by atomic mass is 35.5. The summed E-state index contributed by atoms with van der Waals surface area (Å²) in [5.74, 6) is -0.920. The van der Waals surface area contributed by atoms with E-state index in [0.717, 1.165) is 17.1 Å². The molecule has 0 aliphatic carbocycles. The molecule has 19 heavy (non-hydrogen) atoms. The van der Waals surface area contributed by atoms with E-state index >= 15 is 0 Å². The fraction of sp³-hybridized carbons (Fsp3) is 0.500. The van der Waals surface area contributed by atoms with Crippen LogP contribution in [0.2, 0.25) is 5.02 Å². The molecular formula is C14H18ClNO2S. The smallest absolute Gasteiger partial charge is 0.309 e. The van der Waals surface area contributed by atoms with Gasteiger partial charge in [0, 0.05) is 34.8 Å². The molecule has 2 rings (SSSR count). The number of likely N-dealkylation sites (tertiary alicyclic amines) is 1. The van der Waals surface area contributed by atoms with E-state index in [1.807, 2.05) is 12.1 Å². The molecule has 1 aliphatic heterocycles. The first-order valence-corrected chi connectivity index (χ1v) is 7.62. The van der Waals surface area contributed by atoms with Crippen LogP contribution in [0.4, 0.5) is 0 Å². The summed E-state index contributed by atoms with van der Waals surface area (Å²) in [6, 6.07) is 5.95. The average Bonchev–Trinajstić information content (AvgIpc) is 2.24. The Morgan fingerprint density at radius 2 is 2.21 bits per heavy atom. The number of thioether (sulfide) groups is 1. The van der Waals surface area contributed by atoms with Crippen LogP contribution in [-0.4, -0.2) is 34.3 Å². The molecule has 1 aromatic carbocycles. The molecular weight excluding hydrogens is 282 g/mol. The van der Waals surface area contributed by atoms with Crippen LogP contribution >= 0.6 is 23.4 Å². The zero-order valence-electron chi connectivity index (χ0n) is 11.1. The van der Waals surface area contributed by atoms with Crippen molar-refractivity contribution in [2.75, 3.05) is 13.1 Å². The second-order valence-corrected chi connectivity index (χ2v) is 7.14. The maximum absolute atomic E-state index is 10.8. The minimum atomic E-state index is -0.702. The summed E-state index contributed by atoms with van der Waals surface area (Å²) in [5.41, 5.74) is 1.12. The first kappa shape index (κ1) is 14.7. The normalized spacial score (nSPS) is 16.6. The van der Waals surface area contributed by atoms with Gasteiger partial charge in [0.2, 0.25) is 0 Å². The monoisotopic (exact) mass is 299 g/mol. The predicted molar refractivity (Wildman–Crippen MR) is 78.8 cm³/mol. The zero-order chi connectivity index (χ0) is 14.0. The van der Waals surface area contributed by atoms with E-state index < -0.39 is 5.97 Å². The van der Waals surface area contributed by atoms with E-state index in [0.29, 0.717) is 18.3 Å². The van der Waals surface area contributed by atoms with Gasteiger partial charge >= 0.3 is 5.97 Å². The largest absolute Gasteiger partial charge is 0.481 e. The van der Waals surface area contributed by atoms with Gasteiger partial charge in [0.05, 0.1) is 5.92 Å². The van der Waals surface area contributed by atoms with Gasteiger partial charge in [0.25, 0.3) is 0 Å². The van der Waals surface area contributed by atoms with Crippen molar-refractivity contribution in [2.24, 2.45) is 5.92 Å². The maximum atomic E-state index is 10.8. The van der Waals surface area contributed by atoms with Crippen LogP contribution in [0, 0.1) is 5.92 Å². The number of halogens is 1. The van der Waals surface area contributed by atoms with Crippen LogP contribution in [-0.2, 0) is 11.3 Å². The molecule has 0 saturated carbocycles. The van der Waals surface area contributed by atoms with E-state index in [1.54, 1.807) is 11.8 Å². The lowest BCUT2D eigenvalue weighted by molar-refractivity contribution is -0.147. The predicted octanol–water partition coefficient (Wildman–Crippen LogP) is 3.36. The summed E-state index contributed by atoms with van der Waals surface area (Å²) >= 11 is 8.08. The van der Waals surface area contributed by atoms with Gasteiger partial charge in [-0.25, -0.2) is 0 Å². The number of rotatable bonds is 5. The van der Waals surface area contributed by atoms with Gasteiger partial charge in [0.1, 0.15) is 0 Å². The van der Waals surface area contributed by atoms with Gasteiger partial charge in [-0.05, 0) is 17.7 Å². The summed E-state index contributed by atoms with van der Waals surface area (Å²) in [6.45, 7) is 6.27. The molecule has 0 spiro atoms. The summed E-state index contributed by atoms with van der Waals surface area (Å²) in [6.07, 6.45) is 0. The Bertz CT molecular complexity index is 473. The third-order valence-corrected chi connectivity index (χ3v) is 4.59. The standard InChI is InChI=1S/C14H18ClNO2S/c1-9(2)19-13-5-3-4-12(15)11(13)8-16-6-10(7-16)14(17)18/h3-5,9-10H,6-8H2,1-2H3,(H,17,18). The Kier molecular flexibility index (Phi) is 4.76. The molecule has 1 saturated heterocycles. The fourth-order valence-corrected chi connectivity index (χ4v) is 3.41. The number of carboxylic acids is 1. The van der Waals surface area contributed by atoms with Crippen LogP contribution in [0.3, 0.4) is 0 Å². The molecule has 1 N–H and O–H groups in total. The number of hydrogen-bond donors (Lipinski definition) is 1. The second-order valence-electron chi connectivity index (χ2n) is 5.11. The van der Waals surface area contributed by atoms with E-state index in [1.165, 1.54) is 4.90 Å². The number of carbonyl (C=O) groups is 1. The van der Waals surface area contributed by atoms with Crippen molar-refractivity contribution in [3.8, 4) is 0 Å². The van der Waals surface area contributed by atoms with Crippen molar-refractivity contribution < 1.29 is 9.90 Å². The first-order valence-electron chi connectivity index (χ1n) is 6.36. The van der Waals surface area contributed by atoms with Gasteiger partial charge in [-0.15, -0.1) is 11.8 Å². The van der Waals surface area contributed by atoms with Gasteiger partial charge in [-0.2, -0.15) is 0 Å². The van der Waals surface area contributed by atoms with Crippen LogP contribution in [0.15, 0.2) is 23.1 Å². The molecule has 1 heterocycles. The molecule has 0 unspecified atom stereocenters. The molecule has 1 fully saturated rings.